The van der Waals surface area contributed by atoms with Gasteiger partial charge in [0, 0.05) is 37.8 Å². The standard InChI is InChI=1S/C12H17N5OS/c1-9(11-14-10(2)15-18-11)16-4-6-17(7-5-16)12-13-3-8-19-12/h3,8-9H,4-7H2,1-2H3. The van der Waals surface area contributed by atoms with Gasteiger partial charge in [-0.15, -0.1) is 11.3 Å². The molecule has 1 aliphatic heterocycles. The zero-order valence-electron chi connectivity index (χ0n) is 11.1. The predicted octanol–water partition coefficient (Wildman–Crippen LogP) is 1.72. The lowest BCUT2D eigenvalue weighted by Crippen LogP contribution is -2.47. The molecule has 7 heteroatoms. The molecule has 19 heavy (non-hydrogen) atoms. The van der Waals surface area contributed by atoms with Gasteiger partial charge in [-0.3, -0.25) is 4.90 Å². The first-order chi connectivity index (χ1) is 9.24. The van der Waals surface area contributed by atoms with Crippen molar-refractivity contribution >= 4 is 16.5 Å². The minimum Gasteiger partial charge on any atom is -0.346 e. The van der Waals surface area contributed by atoms with Gasteiger partial charge in [0.1, 0.15) is 0 Å². The highest BCUT2D eigenvalue weighted by molar-refractivity contribution is 7.13. The van der Waals surface area contributed by atoms with E-state index in [0.717, 1.165) is 31.3 Å². The topological polar surface area (TPSA) is 58.3 Å². The first-order valence-electron chi connectivity index (χ1n) is 6.43. The van der Waals surface area contributed by atoms with Crippen LogP contribution in [0.1, 0.15) is 24.7 Å². The molecule has 0 aliphatic carbocycles. The molecule has 6 nitrogen and oxygen atoms in total. The molecule has 102 valence electrons. The summed E-state index contributed by atoms with van der Waals surface area (Å²) in [6.07, 6.45) is 1.86. The van der Waals surface area contributed by atoms with Gasteiger partial charge in [0.2, 0.25) is 5.89 Å². The Balaban J connectivity index is 1.61. The summed E-state index contributed by atoms with van der Waals surface area (Å²) in [7, 11) is 0. The zero-order chi connectivity index (χ0) is 13.2. The summed E-state index contributed by atoms with van der Waals surface area (Å²) in [6.45, 7) is 7.92. The van der Waals surface area contributed by atoms with Crippen molar-refractivity contribution in [1.82, 2.24) is 20.0 Å². The minimum absolute atomic E-state index is 0.180. The van der Waals surface area contributed by atoms with Crippen LogP contribution in [0.3, 0.4) is 0 Å². The molecule has 1 unspecified atom stereocenters. The average Bonchev–Trinajstić information content (AvgIpc) is 3.09. The minimum atomic E-state index is 0.180. The van der Waals surface area contributed by atoms with Crippen molar-refractivity contribution in [3.8, 4) is 0 Å². The molecule has 0 aromatic carbocycles. The predicted molar refractivity (Wildman–Crippen MR) is 73.4 cm³/mol. The highest BCUT2D eigenvalue weighted by atomic mass is 32.1. The second-order valence-electron chi connectivity index (χ2n) is 4.69. The molecule has 3 rings (SSSR count). The van der Waals surface area contributed by atoms with Crippen LogP contribution in [0.2, 0.25) is 0 Å². The average molecular weight is 279 g/mol. The second-order valence-corrected chi connectivity index (χ2v) is 5.57. The Morgan fingerprint density at radius 1 is 1.32 bits per heavy atom. The van der Waals surface area contributed by atoms with Crippen molar-refractivity contribution in [2.45, 2.75) is 19.9 Å². The van der Waals surface area contributed by atoms with E-state index in [4.69, 9.17) is 4.52 Å². The number of piperazine rings is 1. The summed E-state index contributed by atoms with van der Waals surface area (Å²) in [4.78, 5) is 13.4. The molecule has 0 amide bonds. The third-order valence-corrected chi connectivity index (χ3v) is 4.28. The summed E-state index contributed by atoms with van der Waals surface area (Å²) in [5.74, 6) is 1.41. The van der Waals surface area contributed by atoms with Crippen LogP contribution in [0.25, 0.3) is 0 Å². The number of anilines is 1. The fraction of sp³-hybridized carbons (Fsp3) is 0.583. The van der Waals surface area contributed by atoms with E-state index < -0.39 is 0 Å². The molecule has 1 saturated heterocycles. The Hall–Kier alpha value is -1.47. The highest BCUT2D eigenvalue weighted by Crippen LogP contribution is 2.23. The molecule has 1 fully saturated rings. The van der Waals surface area contributed by atoms with Crippen LogP contribution in [-0.4, -0.2) is 46.2 Å². The lowest BCUT2D eigenvalue weighted by atomic mass is 10.2. The molecule has 0 N–H and O–H groups in total. The lowest BCUT2D eigenvalue weighted by Gasteiger charge is -2.36. The van der Waals surface area contributed by atoms with Gasteiger partial charge in [-0.2, -0.15) is 4.98 Å². The van der Waals surface area contributed by atoms with Crippen molar-refractivity contribution in [3.05, 3.63) is 23.3 Å². The summed E-state index contributed by atoms with van der Waals surface area (Å²) >= 11 is 1.69. The molecule has 0 bridgehead atoms. The maximum atomic E-state index is 5.25. The third kappa shape index (κ3) is 2.62. The van der Waals surface area contributed by atoms with E-state index in [1.165, 1.54) is 0 Å². The number of thiazole rings is 1. The Morgan fingerprint density at radius 3 is 2.68 bits per heavy atom. The lowest BCUT2D eigenvalue weighted by molar-refractivity contribution is 0.164. The molecule has 0 radical (unpaired) electrons. The molecular formula is C12H17N5OS. The summed E-state index contributed by atoms with van der Waals surface area (Å²) in [5.41, 5.74) is 0. The first-order valence-corrected chi connectivity index (χ1v) is 7.30. The number of aryl methyl sites for hydroxylation is 1. The van der Waals surface area contributed by atoms with E-state index in [-0.39, 0.29) is 6.04 Å². The third-order valence-electron chi connectivity index (χ3n) is 3.45. The smallest absolute Gasteiger partial charge is 0.243 e. The van der Waals surface area contributed by atoms with Crippen LogP contribution < -0.4 is 4.90 Å². The summed E-state index contributed by atoms with van der Waals surface area (Å²) in [5, 5.41) is 6.99. The fourth-order valence-corrected chi connectivity index (χ4v) is 3.01. The normalized spacial score (nSPS) is 18.7. The zero-order valence-corrected chi connectivity index (χ0v) is 11.9. The highest BCUT2D eigenvalue weighted by Gasteiger charge is 2.26. The molecule has 1 atom stereocenters. The molecule has 3 heterocycles. The van der Waals surface area contributed by atoms with Gasteiger partial charge in [0.25, 0.3) is 0 Å². The van der Waals surface area contributed by atoms with Gasteiger partial charge in [-0.25, -0.2) is 4.98 Å². The maximum Gasteiger partial charge on any atom is 0.243 e. The van der Waals surface area contributed by atoms with Crippen molar-refractivity contribution in [2.75, 3.05) is 31.1 Å². The monoisotopic (exact) mass is 279 g/mol. The first kappa shape index (κ1) is 12.6. The van der Waals surface area contributed by atoms with Crippen molar-refractivity contribution < 1.29 is 4.52 Å². The number of rotatable bonds is 3. The van der Waals surface area contributed by atoms with Gasteiger partial charge in [-0.05, 0) is 13.8 Å². The largest absolute Gasteiger partial charge is 0.346 e. The van der Waals surface area contributed by atoms with E-state index >= 15 is 0 Å². The van der Waals surface area contributed by atoms with E-state index in [0.29, 0.717) is 11.7 Å². The van der Waals surface area contributed by atoms with Gasteiger partial charge in [0.05, 0.1) is 6.04 Å². The van der Waals surface area contributed by atoms with Crippen molar-refractivity contribution in [2.24, 2.45) is 0 Å². The van der Waals surface area contributed by atoms with Crippen molar-refractivity contribution in [1.29, 1.82) is 0 Å². The maximum absolute atomic E-state index is 5.25. The number of nitrogens with zero attached hydrogens (tertiary/aromatic N) is 5. The van der Waals surface area contributed by atoms with Gasteiger partial charge >= 0.3 is 0 Å². The Labute approximate surface area is 116 Å². The molecule has 2 aromatic heterocycles. The van der Waals surface area contributed by atoms with Crippen LogP contribution in [0.4, 0.5) is 5.13 Å². The van der Waals surface area contributed by atoms with Crippen LogP contribution >= 0.6 is 11.3 Å². The van der Waals surface area contributed by atoms with Crippen LogP contribution in [0, 0.1) is 6.92 Å². The van der Waals surface area contributed by atoms with E-state index in [9.17, 15) is 0 Å². The number of aromatic nitrogens is 3. The van der Waals surface area contributed by atoms with E-state index in [1.54, 1.807) is 11.3 Å². The summed E-state index contributed by atoms with van der Waals surface area (Å²) in [6, 6.07) is 0.180. The molecule has 2 aromatic rings. The summed E-state index contributed by atoms with van der Waals surface area (Å²) < 4.78 is 5.25. The van der Waals surface area contributed by atoms with E-state index in [1.807, 2.05) is 18.5 Å². The molecular weight excluding hydrogens is 262 g/mol. The van der Waals surface area contributed by atoms with Crippen LogP contribution in [0.5, 0.6) is 0 Å². The molecule has 0 saturated carbocycles. The Morgan fingerprint density at radius 2 is 2.11 bits per heavy atom. The Kier molecular flexibility index (Phi) is 3.48. The van der Waals surface area contributed by atoms with Crippen LogP contribution in [-0.2, 0) is 0 Å². The van der Waals surface area contributed by atoms with Crippen LogP contribution in [0.15, 0.2) is 16.1 Å². The van der Waals surface area contributed by atoms with E-state index in [2.05, 4.69) is 31.8 Å². The van der Waals surface area contributed by atoms with Gasteiger partial charge in [0.15, 0.2) is 11.0 Å². The number of hydrogen-bond acceptors (Lipinski definition) is 7. The quantitative estimate of drug-likeness (QED) is 0.852. The molecule has 1 aliphatic rings. The number of hydrogen-bond donors (Lipinski definition) is 0. The second kappa shape index (κ2) is 5.26. The van der Waals surface area contributed by atoms with Crippen molar-refractivity contribution in [3.63, 3.8) is 0 Å². The fourth-order valence-electron chi connectivity index (χ4n) is 2.31. The molecule has 0 spiro atoms. The SMILES string of the molecule is Cc1noc(C(C)N2CCN(c3nccs3)CC2)n1. The van der Waals surface area contributed by atoms with Gasteiger partial charge < -0.3 is 9.42 Å². The Bertz CT molecular complexity index is 518. The van der Waals surface area contributed by atoms with Gasteiger partial charge in [-0.1, -0.05) is 5.16 Å².